The molecule has 0 fully saturated rings. The smallest absolute Gasteiger partial charge is 0.339 e. The molecule has 4 nitrogen and oxygen atoms in total. The Morgan fingerprint density at radius 1 is 1.00 bits per heavy atom. The number of esters is 1. The van der Waals surface area contributed by atoms with Crippen LogP contribution in [0.1, 0.15) is 37.4 Å². The summed E-state index contributed by atoms with van der Waals surface area (Å²) in [7, 11) is 1.31. The zero-order chi connectivity index (χ0) is 17.1. The Bertz CT molecular complexity index is 784. The van der Waals surface area contributed by atoms with E-state index in [4.69, 9.17) is 4.74 Å². The highest BCUT2D eigenvalue weighted by Gasteiger charge is 2.17. The average molecular weight is 376 g/mol. The van der Waals surface area contributed by atoms with E-state index in [0.29, 0.717) is 16.8 Å². The molecule has 2 aromatic carbocycles. The molecule has 2 aromatic rings. The molecule has 0 heterocycles. The Kier molecular flexibility index (Phi) is 5.21. The zero-order valence-electron chi connectivity index (χ0n) is 13.5. The summed E-state index contributed by atoms with van der Waals surface area (Å²) in [5.74, 6) is -0.749. The van der Waals surface area contributed by atoms with Crippen LogP contribution in [-0.4, -0.2) is 19.0 Å². The van der Waals surface area contributed by atoms with Gasteiger partial charge in [0.05, 0.1) is 18.4 Å². The maximum atomic E-state index is 12.6. The number of halogens is 1. The molecule has 0 aliphatic heterocycles. The molecule has 0 aromatic heterocycles. The van der Waals surface area contributed by atoms with Crippen LogP contribution in [0.4, 0.5) is 5.69 Å². The molecule has 1 N–H and O–H groups in total. The quantitative estimate of drug-likeness (QED) is 0.808. The first-order chi connectivity index (χ1) is 10.9. The molecule has 0 radical (unpaired) electrons. The third kappa shape index (κ3) is 3.45. The summed E-state index contributed by atoms with van der Waals surface area (Å²) in [6.07, 6.45) is 0. The van der Waals surface area contributed by atoms with Gasteiger partial charge in [0.2, 0.25) is 0 Å². The van der Waals surface area contributed by atoms with Crippen molar-refractivity contribution in [3.63, 3.8) is 0 Å². The molecule has 0 atom stereocenters. The van der Waals surface area contributed by atoms with Gasteiger partial charge in [-0.3, -0.25) is 4.79 Å². The summed E-state index contributed by atoms with van der Waals surface area (Å²) >= 11 is 3.48. The van der Waals surface area contributed by atoms with E-state index >= 15 is 0 Å². The van der Waals surface area contributed by atoms with Gasteiger partial charge in [0.15, 0.2) is 0 Å². The lowest BCUT2D eigenvalue weighted by atomic mass is 9.98. The SMILES string of the molecule is COC(=O)c1ccccc1NC(=O)c1cc(Br)c(C)c(C)c1C. The van der Waals surface area contributed by atoms with E-state index in [9.17, 15) is 9.59 Å². The van der Waals surface area contributed by atoms with Crippen molar-refractivity contribution in [3.8, 4) is 0 Å². The van der Waals surface area contributed by atoms with Crippen LogP contribution in [0.2, 0.25) is 0 Å². The molecule has 120 valence electrons. The van der Waals surface area contributed by atoms with Crippen molar-refractivity contribution in [3.05, 3.63) is 62.6 Å². The van der Waals surface area contributed by atoms with E-state index in [1.807, 2.05) is 20.8 Å². The molecule has 0 bridgehead atoms. The van der Waals surface area contributed by atoms with Crippen LogP contribution >= 0.6 is 15.9 Å². The number of carbonyl (C=O) groups excluding carboxylic acids is 2. The van der Waals surface area contributed by atoms with Crippen molar-refractivity contribution in [1.29, 1.82) is 0 Å². The van der Waals surface area contributed by atoms with Gasteiger partial charge in [-0.25, -0.2) is 4.79 Å². The molecular formula is C18H18BrNO3. The van der Waals surface area contributed by atoms with Crippen LogP contribution in [0, 0.1) is 20.8 Å². The maximum absolute atomic E-state index is 12.6. The molecule has 0 aliphatic rings. The number of methoxy groups -OCH3 is 1. The minimum Gasteiger partial charge on any atom is -0.465 e. The van der Waals surface area contributed by atoms with Gasteiger partial charge in [0, 0.05) is 10.0 Å². The van der Waals surface area contributed by atoms with E-state index < -0.39 is 5.97 Å². The van der Waals surface area contributed by atoms with Gasteiger partial charge in [0.1, 0.15) is 0 Å². The Labute approximate surface area is 144 Å². The number of carbonyl (C=O) groups is 2. The minimum absolute atomic E-state index is 0.261. The number of hydrogen-bond acceptors (Lipinski definition) is 3. The van der Waals surface area contributed by atoms with Crippen molar-refractivity contribution in [2.45, 2.75) is 20.8 Å². The van der Waals surface area contributed by atoms with Crippen molar-refractivity contribution in [1.82, 2.24) is 0 Å². The van der Waals surface area contributed by atoms with Crippen LogP contribution in [0.3, 0.4) is 0 Å². The van der Waals surface area contributed by atoms with E-state index in [0.717, 1.165) is 21.2 Å². The normalized spacial score (nSPS) is 10.3. The standard InChI is InChI=1S/C18H18BrNO3/c1-10-11(2)14(9-15(19)12(10)3)17(21)20-16-8-6-5-7-13(16)18(22)23-4/h5-9H,1-4H3,(H,20,21). The first-order valence-electron chi connectivity index (χ1n) is 7.11. The first kappa shape index (κ1) is 17.2. The number of amides is 1. The predicted octanol–water partition coefficient (Wildman–Crippen LogP) is 4.41. The summed E-state index contributed by atoms with van der Waals surface area (Å²) in [4.78, 5) is 24.4. The number of anilines is 1. The average Bonchev–Trinajstić information content (AvgIpc) is 2.55. The second-order valence-electron chi connectivity index (χ2n) is 5.27. The fraction of sp³-hybridized carbons (Fsp3) is 0.222. The molecular weight excluding hydrogens is 358 g/mol. The predicted molar refractivity (Wildman–Crippen MR) is 94.1 cm³/mol. The highest BCUT2D eigenvalue weighted by atomic mass is 79.9. The molecule has 0 unspecified atom stereocenters. The van der Waals surface area contributed by atoms with E-state index in [1.54, 1.807) is 30.3 Å². The monoisotopic (exact) mass is 375 g/mol. The first-order valence-corrected chi connectivity index (χ1v) is 7.91. The van der Waals surface area contributed by atoms with Gasteiger partial charge in [-0.05, 0) is 55.7 Å². The van der Waals surface area contributed by atoms with Crippen molar-refractivity contribution >= 4 is 33.5 Å². The van der Waals surface area contributed by atoms with E-state index in [2.05, 4.69) is 21.2 Å². The highest BCUT2D eigenvalue weighted by molar-refractivity contribution is 9.10. The topological polar surface area (TPSA) is 55.4 Å². The third-order valence-corrected chi connectivity index (χ3v) is 4.81. The number of para-hydroxylation sites is 1. The molecule has 0 spiro atoms. The summed E-state index contributed by atoms with van der Waals surface area (Å²) in [5, 5.41) is 2.80. The Morgan fingerprint density at radius 3 is 2.30 bits per heavy atom. The fourth-order valence-electron chi connectivity index (χ4n) is 2.31. The Morgan fingerprint density at radius 2 is 1.65 bits per heavy atom. The highest BCUT2D eigenvalue weighted by Crippen LogP contribution is 2.27. The number of benzene rings is 2. The molecule has 2 rings (SSSR count). The number of rotatable bonds is 3. The van der Waals surface area contributed by atoms with Crippen LogP contribution in [0.25, 0.3) is 0 Å². The summed E-state index contributed by atoms with van der Waals surface area (Å²) in [5.41, 5.74) is 4.40. The molecule has 0 aliphatic carbocycles. The van der Waals surface area contributed by atoms with Gasteiger partial charge < -0.3 is 10.1 Å². The molecule has 23 heavy (non-hydrogen) atoms. The van der Waals surface area contributed by atoms with E-state index in [-0.39, 0.29) is 5.91 Å². The lowest BCUT2D eigenvalue weighted by Crippen LogP contribution is -2.17. The summed E-state index contributed by atoms with van der Waals surface area (Å²) in [6.45, 7) is 5.89. The van der Waals surface area contributed by atoms with Crippen molar-refractivity contribution in [2.75, 3.05) is 12.4 Å². The van der Waals surface area contributed by atoms with Gasteiger partial charge in [-0.15, -0.1) is 0 Å². The molecule has 0 saturated heterocycles. The van der Waals surface area contributed by atoms with Gasteiger partial charge in [0.25, 0.3) is 5.91 Å². The van der Waals surface area contributed by atoms with Crippen molar-refractivity contribution in [2.24, 2.45) is 0 Å². The number of nitrogens with one attached hydrogen (secondary N) is 1. The Hall–Kier alpha value is -2.14. The lowest BCUT2D eigenvalue weighted by molar-refractivity contribution is 0.0602. The Balaban J connectivity index is 2.40. The van der Waals surface area contributed by atoms with Crippen LogP contribution in [-0.2, 0) is 4.74 Å². The fourth-order valence-corrected chi connectivity index (χ4v) is 2.84. The third-order valence-electron chi connectivity index (χ3n) is 3.98. The van der Waals surface area contributed by atoms with Crippen molar-refractivity contribution < 1.29 is 14.3 Å². The maximum Gasteiger partial charge on any atom is 0.339 e. The molecule has 1 amide bonds. The molecule has 5 heteroatoms. The summed E-state index contributed by atoms with van der Waals surface area (Å²) in [6, 6.07) is 8.57. The molecule has 0 saturated carbocycles. The summed E-state index contributed by atoms with van der Waals surface area (Å²) < 4.78 is 5.63. The lowest BCUT2D eigenvalue weighted by Gasteiger charge is -2.14. The largest absolute Gasteiger partial charge is 0.465 e. The van der Waals surface area contributed by atoms with Gasteiger partial charge >= 0.3 is 5.97 Å². The second kappa shape index (κ2) is 6.96. The van der Waals surface area contributed by atoms with E-state index in [1.165, 1.54) is 7.11 Å². The second-order valence-corrected chi connectivity index (χ2v) is 6.13. The number of hydrogen-bond donors (Lipinski definition) is 1. The van der Waals surface area contributed by atoms with Gasteiger partial charge in [-0.1, -0.05) is 28.1 Å². The zero-order valence-corrected chi connectivity index (χ0v) is 15.1. The van der Waals surface area contributed by atoms with Crippen LogP contribution < -0.4 is 5.32 Å². The van der Waals surface area contributed by atoms with Crippen LogP contribution in [0.5, 0.6) is 0 Å². The van der Waals surface area contributed by atoms with Crippen LogP contribution in [0.15, 0.2) is 34.8 Å². The number of ether oxygens (including phenoxy) is 1. The minimum atomic E-state index is -0.487. The van der Waals surface area contributed by atoms with Gasteiger partial charge in [-0.2, -0.15) is 0 Å².